The maximum Gasteiger partial charge on any atom is 0.145 e. The predicted molar refractivity (Wildman–Crippen MR) is 34.4 cm³/mol. The summed E-state index contributed by atoms with van der Waals surface area (Å²) in [5.74, 6) is 0. The van der Waals surface area contributed by atoms with E-state index < -0.39 is 0 Å². The lowest BCUT2D eigenvalue weighted by Gasteiger charge is -2.21. The smallest absolute Gasteiger partial charge is 0.145 e. The Kier molecular flexibility index (Phi) is 1.40. The molecule has 0 saturated heterocycles. The molecule has 2 N–H and O–H groups in total. The van der Waals surface area contributed by atoms with Gasteiger partial charge in [-0.05, 0) is 0 Å². The van der Waals surface area contributed by atoms with E-state index in [1.54, 1.807) is 0 Å². The highest BCUT2D eigenvalue weighted by Crippen LogP contribution is 2.20. The lowest BCUT2D eigenvalue weighted by Crippen LogP contribution is -2.39. The average molecular weight is 128 g/mol. The number of hydrogen-bond donors (Lipinski definition) is 2. The predicted octanol–water partition coefficient (Wildman–Crippen LogP) is 0.834. The van der Waals surface area contributed by atoms with Crippen molar-refractivity contribution in [3.8, 4) is 0 Å². The summed E-state index contributed by atoms with van der Waals surface area (Å²) in [5.41, 5.74) is 5.65. The molecule has 0 bridgehead atoms. The van der Waals surface area contributed by atoms with Crippen LogP contribution in [0.3, 0.4) is 0 Å². The van der Waals surface area contributed by atoms with Gasteiger partial charge in [0.15, 0.2) is 0 Å². The molecule has 0 saturated carbocycles. The lowest BCUT2D eigenvalue weighted by molar-refractivity contribution is 0.282. The monoisotopic (exact) mass is 128 g/mol. The summed E-state index contributed by atoms with van der Waals surface area (Å²) in [6.45, 7) is 6.32. The number of hydrazine groups is 1. The second-order valence-electron chi connectivity index (χ2n) is 3.24. The molecular formula is C5H12N4. The van der Waals surface area contributed by atoms with E-state index in [0.29, 0.717) is 0 Å². The molecular weight excluding hydrogens is 116 g/mol. The first kappa shape index (κ1) is 6.48. The van der Waals surface area contributed by atoms with E-state index in [0.717, 1.165) is 0 Å². The van der Waals surface area contributed by atoms with Crippen molar-refractivity contribution in [3.05, 3.63) is 0 Å². The Morgan fingerprint density at radius 1 is 1.33 bits per heavy atom. The van der Waals surface area contributed by atoms with Crippen molar-refractivity contribution in [1.29, 1.82) is 0 Å². The Labute approximate surface area is 54.7 Å². The molecule has 1 aliphatic heterocycles. The molecule has 4 nitrogen and oxygen atoms in total. The Bertz CT molecular complexity index is 123. The Hall–Kier alpha value is -0.640. The van der Waals surface area contributed by atoms with Crippen LogP contribution < -0.4 is 11.0 Å². The zero-order valence-corrected chi connectivity index (χ0v) is 5.97. The van der Waals surface area contributed by atoms with Crippen LogP contribution in [0.25, 0.3) is 0 Å². The molecule has 0 spiro atoms. The van der Waals surface area contributed by atoms with E-state index in [-0.39, 0.29) is 11.6 Å². The van der Waals surface area contributed by atoms with Crippen LogP contribution in [0.15, 0.2) is 10.3 Å². The molecule has 0 radical (unpaired) electrons. The van der Waals surface area contributed by atoms with Gasteiger partial charge in [-0.15, -0.1) is 5.11 Å². The first-order chi connectivity index (χ1) is 4.11. The molecule has 1 aliphatic rings. The summed E-state index contributed by atoms with van der Waals surface area (Å²) in [6.07, 6.45) is 0.109. The van der Waals surface area contributed by atoms with Gasteiger partial charge in [0.25, 0.3) is 0 Å². The molecule has 0 aromatic carbocycles. The lowest BCUT2D eigenvalue weighted by atomic mass is 9.93. The number of hydrogen-bond acceptors (Lipinski definition) is 4. The molecule has 9 heavy (non-hydrogen) atoms. The summed E-state index contributed by atoms with van der Waals surface area (Å²) in [7, 11) is 0. The van der Waals surface area contributed by atoms with Crippen molar-refractivity contribution in [1.82, 2.24) is 11.0 Å². The van der Waals surface area contributed by atoms with Crippen molar-refractivity contribution >= 4 is 0 Å². The Morgan fingerprint density at radius 3 is 2.22 bits per heavy atom. The van der Waals surface area contributed by atoms with Gasteiger partial charge in [-0.3, -0.25) is 0 Å². The van der Waals surface area contributed by atoms with Gasteiger partial charge in [-0.25, -0.2) is 5.53 Å². The zero-order valence-electron chi connectivity index (χ0n) is 5.97. The van der Waals surface area contributed by atoms with Crippen molar-refractivity contribution in [3.63, 3.8) is 0 Å². The van der Waals surface area contributed by atoms with Gasteiger partial charge < -0.3 is 0 Å². The van der Waals surface area contributed by atoms with E-state index in [9.17, 15) is 0 Å². The normalized spacial score (nSPS) is 26.3. The van der Waals surface area contributed by atoms with E-state index >= 15 is 0 Å². The molecule has 1 atom stereocenters. The summed E-state index contributed by atoms with van der Waals surface area (Å²) in [4.78, 5) is 0. The maximum absolute atomic E-state index is 3.91. The summed E-state index contributed by atoms with van der Waals surface area (Å²) >= 11 is 0. The second kappa shape index (κ2) is 1.95. The third-order valence-electron chi connectivity index (χ3n) is 1.24. The van der Waals surface area contributed by atoms with Crippen LogP contribution in [-0.4, -0.2) is 6.17 Å². The van der Waals surface area contributed by atoms with Crippen molar-refractivity contribution < 1.29 is 0 Å². The van der Waals surface area contributed by atoms with Crippen LogP contribution in [0.5, 0.6) is 0 Å². The molecule has 0 amide bonds. The molecule has 1 heterocycles. The van der Waals surface area contributed by atoms with E-state index in [1.807, 2.05) is 0 Å². The fourth-order valence-electron chi connectivity index (χ4n) is 0.595. The highest BCUT2D eigenvalue weighted by atomic mass is 15.7. The highest BCUT2D eigenvalue weighted by Gasteiger charge is 2.26. The van der Waals surface area contributed by atoms with E-state index in [2.05, 4.69) is 42.1 Å². The quantitative estimate of drug-likeness (QED) is 0.507. The van der Waals surface area contributed by atoms with E-state index in [1.165, 1.54) is 0 Å². The third-order valence-corrected chi connectivity index (χ3v) is 1.24. The molecule has 1 unspecified atom stereocenters. The zero-order chi connectivity index (χ0) is 6.91. The average Bonchev–Trinajstić information content (AvgIpc) is 2.08. The largest absolute Gasteiger partial charge is 0.222 e. The van der Waals surface area contributed by atoms with Crippen LogP contribution >= 0.6 is 0 Å². The van der Waals surface area contributed by atoms with Crippen LogP contribution in [0.2, 0.25) is 0 Å². The van der Waals surface area contributed by atoms with Crippen molar-refractivity contribution in [2.45, 2.75) is 26.9 Å². The Balaban J connectivity index is 2.53. The SMILES string of the molecule is CC(C)(C)C1N=NNN1. The van der Waals surface area contributed by atoms with Gasteiger partial charge in [0.1, 0.15) is 6.17 Å². The van der Waals surface area contributed by atoms with Gasteiger partial charge >= 0.3 is 0 Å². The summed E-state index contributed by atoms with van der Waals surface area (Å²) in [5, 5.41) is 7.50. The summed E-state index contributed by atoms with van der Waals surface area (Å²) in [6, 6.07) is 0. The molecule has 0 fully saturated rings. The van der Waals surface area contributed by atoms with Gasteiger partial charge in [-0.2, -0.15) is 5.43 Å². The number of nitrogens with one attached hydrogen (secondary N) is 2. The van der Waals surface area contributed by atoms with Crippen LogP contribution in [-0.2, 0) is 0 Å². The summed E-state index contributed by atoms with van der Waals surface area (Å²) < 4.78 is 0. The van der Waals surface area contributed by atoms with E-state index in [4.69, 9.17) is 0 Å². The second-order valence-corrected chi connectivity index (χ2v) is 3.24. The number of rotatable bonds is 0. The molecule has 4 heteroatoms. The van der Waals surface area contributed by atoms with Crippen molar-refractivity contribution in [2.75, 3.05) is 0 Å². The Morgan fingerprint density at radius 2 is 2.00 bits per heavy atom. The molecule has 0 aliphatic carbocycles. The first-order valence-electron chi connectivity index (χ1n) is 3.01. The fraction of sp³-hybridized carbons (Fsp3) is 1.00. The molecule has 52 valence electrons. The van der Waals surface area contributed by atoms with Crippen molar-refractivity contribution in [2.24, 2.45) is 15.8 Å². The molecule has 0 aromatic rings. The minimum absolute atomic E-state index is 0.109. The van der Waals surface area contributed by atoms with Gasteiger partial charge in [-0.1, -0.05) is 26.0 Å². The number of nitrogens with zero attached hydrogens (tertiary/aromatic N) is 2. The highest BCUT2D eigenvalue weighted by molar-refractivity contribution is 4.76. The van der Waals surface area contributed by atoms with Gasteiger partial charge in [0, 0.05) is 5.41 Å². The van der Waals surface area contributed by atoms with Gasteiger partial charge in [0.2, 0.25) is 0 Å². The fourth-order valence-corrected chi connectivity index (χ4v) is 0.595. The minimum Gasteiger partial charge on any atom is -0.222 e. The topological polar surface area (TPSA) is 48.8 Å². The van der Waals surface area contributed by atoms with Crippen LogP contribution in [0, 0.1) is 5.41 Å². The third kappa shape index (κ3) is 1.38. The first-order valence-corrected chi connectivity index (χ1v) is 3.01. The van der Waals surface area contributed by atoms with Crippen LogP contribution in [0.4, 0.5) is 0 Å². The molecule has 1 rings (SSSR count). The standard InChI is InChI=1S/C5H12N4/c1-5(2,3)4-6-8-9-7-4/h4H,1-3H3,(H,6,9)(H,7,8). The van der Waals surface area contributed by atoms with Gasteiger partial charge in [0.05, 0.1) is 0 Å². The molecule has 0 aromatic heterocycles. The maximum atomic E-state index is 3.91. The minimum atomic E-state index is 0.109. The van der Waals surface area contributed by atoms with Crippen LogP contribution in [0.1, 0.15) is 20.8 Å².